The summed E-state index contributed by atoms with van der Waals surface area (Å²) in [5, 5.41) is 0.301. The number of benzene rings is 1. The van der Waals surface area contributed by atoms with E-state index in [4.69, 9.17) is 4.74 Å². The second kappa shape index (κ2) is 9.31. The van der Waals surface area contributed by atoms with Gasteiger partial charge in [0, 0.05) is 41.6 Å². The molecule has 0 saturated carbocycles. The summed E-state index contributed by atoms with van der Waals surface area (Å²) in [7, 11) is 0. The van der Waals surface area contributed by atoms with E-state index in [1.54, 1.807) is 46.1 Å². The normalized spacial score (nSPS) is 17.4. The minimum absolute atomic E-state index is 0.153. The molecule has 1 aliphatic heterocycles. The number of carbonyl (C=O) groups excluding carboxylic acids is 1. The lowest BCUT2D eigenvalue weighted by molar-refractivity contribution is 0.00155. The Labute approximate surface area is 203 Å². The number of halogens is 4. The van der Waals surface area contributed by atoms with E-state index in [2.05, 4.69) is 20.7 Å². The van der Waals surface area contributed by atoms with Gasteiger partial charge in [-0.1, -0.05) is 0 Å². The van der Waals surface area contributed by atoms with Crippen molar-refractivity contribution >= 4 is 44.3 Å². The van der Waals surface area contributed by atoms with Crippen LogP contribution in [-0.4, -0.2) is 50.0 Å². The Balaban J connectivity index is 1.96. The second-order valence-corrected chi connectivity index (χ2v) is 13.0. The molecule has 1 N–H and O–H groups in total. The molecule has 0 spiro atoms. The van der Waals surface area contributed by atoms with E-state index in [9.17, 15) is 22.5 Å². The molecule has 33 heavy (non-hydrogen) atoms. The average molecular weight is 552 g/mol. The Hall–Kier alpha value is -1.43. The summed E-state index contributed by atoms with van der Waals surface area (Å²) in [6, 6.07) is 0.981. The standard InChI is InChI=1S/C22H29BrF3N3O3S/c1-21(2,3)32-20(30)28-9-12(10-28)29-11-14(13-7-16(24)15(23)8-17(13)29)18(19(25)26)27-33(31)22(4,5)6/h7-8,11-12,18-19,27H,9-10H2,1-6H3/t18-,33?/m0/s1. The van der Waals surface area contributed by atoms with Gasteiger partial charge < -0.3 is 18.8 Å². The molecule has 1 aromatic carbocycles. The predicted molar refractivity (Wildman–Crippen MR) is 126 cm³/mol. The van der Waals surface area contributed by atoms with Crippen LogP contribution in [0.1, 0.15) is 59.2 Å². The maximum absolute atomic E-state index is 14.4. The Morgan fingerprint density at radius 2 is 1.85 bits per heavy atom. The zero-order valence-corrected chi connectivity index (χ0v) is 21.8. The molecular formula is C22H29BrF3N3O3S. The molecular weight excluding hydrogens is 523 g/mol. The number of likely N-dealkylation sites (tertiary alicyclic amines) is 1. The van der Waals surface area contributed by atoms with E-state index in [-0.39, 0.29) is 16.1 Å². The predicted octanol–water partition coefficient (Wildman–Crippen LogP) is 5.69. The molecule has 2 aromatic rings. The molecule has 0 bridgehead atoms. The monoisotopic (exact) mass is 551 g/mol. The fourth-order valence-electron chi connectivity index (χ4n) is 3.47. The largest absolute Gasteiger partial charge is 0.598 e. The highest BCUT2D eigenvalue weighted by atomic mass is 79.9. The van der Waals surface area contributed by atoms with Gasteiger partial charge >= 0.3 is 6.09 Å². The highest BCUT2D eigenvalue weighted by molar-refractivity contribution is 9.10. The number of hydrogen-bond donors (Lipinski definition) is 1. The van der Waals surface area contributed by atoms with Crippen LogP contribution in [0, 0.1) is 5.82 Å². The highest BCUT2D eigenvalue weighted by Crippen LogP contribution is 2.37. The Morgan fingerprint density at radius 1 is 1.24 bits per heavy atom. The van der Waals surface area contributed by atoms with Crippen LogP contribution in [0.2, 0.25) is 0 Å². The summed E-state index contributed by atoms with van der Waals surface area (Å²) < 4.78 is 64.3. The van der Waals surface area contributed by atoms with Gasteiger partial charge in [0.05, 0.1) is 16.0 Å². The number of alkyl halides is 2. The molecule has 1 amide bonds. The van der Waals surface area contributed by atoms with Crippen LogP contribution in [-0.2, 0) is 16.1 Å². The van der Waals surface area contributed by atoms with Gasteiger partial charge in [0.1, 0.15) is 22.2 Å². The fourth-order valence-corrected chi connectivity index (χ4v) is 4.61. The van der Waals surface area contributed by atoms with Crippen LogP contribution in [0.25, 0.3) is 10.9 Å². The lowest BCUT2D eigenvalue weighted by atomic mass is 10.1. The minimum atomic E-state index is -2.87. The van der Waals surface area contributed by atoms with Gasteiger partial charge in [0.15, 0.2) is 0 Å². The molecule has 0 radical (unpaired) electrons. The van der Waals surface area contributed by atoms with Gasteiger partial charge in [0.2, 0.25) is 0 Å². The summed E-state index contributed by atoms with van der Waals surface area (Å²) in [5.41, 5.74) is 0.0670. The summed E-state index contributed by atoms with van der Waals surface area (Å²) in [6.07, 6.45) is -1.78. The molecule has 2 heterocycles. The number of rotatable bonds is 5. The summed E-state index contributed by atoms with van der Waals surface area (Å²) >= 11 is 1.40. The van der Waals surface area contributed by atoms with Gasteiger partial charge in [-0.25, -0.2) is 18.0 Å². The SMILES string of the molecule is CC(C)(C)OC(=O)N1CC(n2cc([C@H](N[S+]([O-])C(C)(C)C)C(F)F)c3cc(F)c(Br)cc32)C1. The van der Waals surface area contributed by atoms with Crippen LogP contribution >= 0.6 is 15.9 Å². The van der Waals surface area contributed by atoms with Crippen molar-refractivity contribution in [2.45, 2.75) is 70.4 Å². The number of ether oxygens (including phenoxy) is 1. The fraction of sp³-hybridized carbons (Fsp3) is 0.591. The number of aromatic nitrogens is 1. The highest BCUT2D eigenvalue weighted by Gasteiger charge is 2.39. The first-order valence-electron chi connectivity index (χ1n) is 10.5. The quantitative estimate of drug-likeness (QED) is 0.484. The third kappa shape index (κ3) is 5.80. The molecule has 2 atom stereocenters. The molecule has 11 heteroatoms. The third-order valence-electron chi connectivity index (χ3n) is 5.19. The second-order valence-electron chi connectivity index (χ2n) is 10.1. The molecule has 184 valence electrons. The Morgan fingerprint density at radius 3 is 2.36 bits per heavy atom. The van der Waals surface area contributed by atoms with Crippen LogP contribution in [0.4, 0.5) is 18.0 Å². The van der Waals surface area contributed by atoms with E-state index < -0.39 is 46.1 Å². The molecule has 3 rings (SSSR count). The molecule has 1 fully saturated rings. The topological polar surface area (TPSA) is 69.6 Å². The summed E-state index contributed by atoms with van der Waals surface area (Å²) in [5.74, 6) is -0.588. The number of hydrogen-bond acceptors (Lipinski definition) is 4. The van der Waals surface area contributed by atoms with Crippen LogP contribution < -0.4 is 4.72 Å². The van der Waals surface area contributed by atoms with Gasteiger partial charge in [0.25, 0.3) is 6.43 Å². The molecule has 1 saturated heterocycles. The number of nitrogens with one attached hydrogen (secondary N) is 1. The molecule has 1 aromatic heterocycles. The van der Waals surface area contributed by atoms with Gasteiger partial charge in [-0.3, -0.25) is 0 Å². The van der Waals surface area contributed by atoms with E-state index in [1.807, 2.05) is 0 Å². The maximum atomic E-state index is 14.4. The number of carbonyl (C=O) groups is 1. The molecule has 0 aliphatic carbocycles. The van der Waals surface area contributed by atoms with E-state index in [0.29, 0.717) is 24.0 Å². The van der Waals surface area contributed by atoms with Crippen molar-refractivity contribution in [2.24, 2.45) is 0 Å². The van der Waals surface area contributed by atoms with E-state index in [0.717, 1.165) is 0 Å². The number of fused-ring (bicyclic) bond motifs is 1. The first-order valence-corrected chi connectivity index (χ1v) is 12.5. The van der Waals surface area contributed by atoms with Crippen molar-refractivity contribution < 1.29 is 27.3 Å². The lowest BCUT2D eigenvalue weighted by Gasteiger charge is -2.40. The Kier molecular flexibility index (Phi) is 7.39. The van der Waals surface area contributed by atoms with Crippen molar-refractivity contribution in [1.29, 1.82) is 0 Å². The zero-order valence-electron chi connectivity index (χ0n) is 19.4. The van der Waals surface area contributed by atoms with Crippen molar-refractivity contribution in [3.8, 4) is 0 Å². The van der Waals surface area contributed by atoms with Crippen molar-refractivity contribution in [1.82, 2.24) is 14.2 Å². The average Bonchev–Trinajstić information content (AvgIpc) is 2.94. The first kappa shape index (κ1) is 26.2. The van der Waals surface area contributed by atoms with Crippen LogP contribution in [0.3, 0.4) is 0 Å². The minimum Gasteiger partial charge on any atom is -0.598 e. The zero-order chi connectivity index (χ0) is 24.9. The van der Waals surface area contributed by atoms with Gasteiger partial charge in [-0.2, -0.15) is 0 Å². The molecule has 6 nitrogen and oxygen atoms in total. The van der Waals surface area contributed by atoms with Crippen LogP contribution in [0.15, 0.2) is 22.8 Å². The smallest absolute Gasteiger partial charge is 0.410 e. The first-order chi connectivity index (χ1) is 15.1. The van der Waals surface area contributed by atoms with Gasteiger partial charge in [-0.05, 0) is 69.6 Å². The van der Waals surface area contributed by atoms with Crippen molar-refractivity contribution in [2.75, 3.05) is 13.1 Å². The summed E-state index contributed by atoms with van der Waals surface area (Å²) in [6.45, 7) is 11.0. The number of amides is 1. The van der Waals surface area contributed by atoms with E-state index >= 15 is 0 Å². The lowest BCUT2D eigenvalue weighted by Crippen LogP contribution is -2.52. The van der Waals surface area contributed by atoms with Gasteiger partial charge in [-0.15, -0.1) is 4.72 Å². The van der Waals surface area contributed by atoms with Crippen molar-refractivity contribution in [3.05, 3.63) is 34.2 Å². The third-order valence-corrected chi connectivity index (χ3v) is 7.38. The Bertz CT molecular complexity index is 1030. The summed E-state index contributed by atoms with van der Waals surface area (Å²) in [4.78, 5) is 13.8. The van der Waals surface area contributed by atoms with Crippen molar-refractivity contribution in [3.63, 3.8) is 0 Å². The molecule has 1 unspecified atom stereocenters. The van der Waals surface area contributed by atoms with Crippen LogP contribution in [0.5, 0.6) is 0 Å². The maximum Gasteiger partial charge on any atom is 0.410 e. The van der Waals surface area contributed by atoms with E-state index in [1.165, 1.54) is 23.2 Å². The number of nitrogens with zero attached hydrogens (tertiary/aromatic N) is 2. The molecule has 1 aliphatic rings.